The molecule has 2 rings (SSSR count). The molecular weight excluding hydrogens is 249 g/mol. The lowest BCUT2D eigenvalue weighted by Crippen LogP contribution is -2.29. The molecule has 0 unspecified atom stereocenters. The molecule has 1 aliphatic carbocycles. The van der Waals surface area contributed by atoms with Crippen LogP contribution < -0.4 is 0 Å². The van der Waals surface area contributed by atoms with Crippen molar-refractivity contribution in [3.63, 3.8) is 0 Å². The Morgan fingerprint density at radius 3 is 2.81 bits per heavy atom. The van der Waals surface area contributed by atoms with Crippen molar-refractivity contribution < 1.29 is 4.79 Å². The van der Waals surface area contributed by atoms with Gasteiger partial charge in [0.1, 0.15) is 0 Å². The van der Waals surface area contributed by atoms with E-state index in [0.717, 1.165) is 6.54 Å². The van der Waals surface area contributed by atoms with Crippen molar-refractivity contribution in [1.82, 2.24) is 15.1 Å². The van der Waals surface area contributed by atoms with E-state index >= 15 is 0 Å². The zero-order valence-electron chi connectivity index (χ0n) is 8.78. The van der Waals surface area contributed by atoms with Gasteiger partial charge in [0.25, 0.3) is 5.91 Å². The van der Waals surface area contributed by atoms with Crippen LogP contribution in [0.1, 0.15) is 23.2 Å². The van der Waals surface area contributed by atoms with E-state index in [4.69, 9.17) is 23.2 Å². The fraction of sp³-hybridized carbons (Fsp3) is 0.500. The third-order valence-corrected chi connectivity index (χ3v) is 2.99. The third-order valence-electron chi connectivity index (χ3n) is 2.53. The van der Waals surface area contributed by atoms with Crippen LogP contribution in [-0.4, -0.2) is 34.6 Å². The highest BCUT2D eigenvalue weighted by molar-refractivity contribution is 6.34. The Bertz CT molecular complexity index is 421. The van der Waals surface area contributed by atoms with Gasteiger partial charge < -0.3 is 4.90 Å². The summed E-state index contributed by atoms with van der Waals surface area (Å²) in [6, 6.07) is 1.45. The second kappa shape index (κ2) is 4.55. The smallest absolute Gasteiger partial charge is 0.256 e. The van der Waals surface area contributed by atoms with Crippen LogP contribution in [0.2, 0.25) is 10.3 Å². The SMILES string of the molecule is CN(CC1CC1)C(=O)c1cc(Cl)nnc1Cl. The average Bonchev–Trinajstić information content (AvgIpc) is 3.04. The molecule has 0 atom stereocenters. The zero-order chi connectivity index (χ0) is 11.7. The van der Waals surface area contributed by atoms with Gasteiger partial charge in [-0.15, -0.1) is 10.2 Å². The fourth-order valence-corrected chi connectivity index (χ4v) is 1.80. The first-order chi connectivity index (χ1) is 7.58. The molecule has 0 bridgehead atoms. The number of nitrogens with zero attached hydrogens (tertiary/aromatic N) is 3. The van der Waals surface area contributed by atoms with Crippen molar-refractivity contribution in [2.24, 2.45) is 5.92 Å². The summed E-state index contributed by atoms with van der Waals surface area (Å²) in [7, 11) is 1.76. The molecule has 1 saturated carbocycles. The number of hydrogen-bond donors (Lipinski definition) is 0. The Morgan fingerprint density at radius 2 is 2.19 bits per heavy atom. The molecule has 0 saturated heterocycles. The number of halogens is 2. The molecule has 1 fully saturated rings. The normalized spacial score (nSPS) is 14.9. The predicted molar refractivity (Wildman–Crippen MR) is 61.7 cm³/mol. The van der Waals surface area contributed by atoms with Crippen molar-refractivity contribution in [2.75, 3.05) is 13.6 Å². The highest BCUT2D eigenvalue weighted by atomic mass is 35.5. The second-order valence-corrected chi connectivity index (χ2v) is 4.75. The standard InChI is InChI=1S/C10H11Cl2N3O/c1-15(5-6-2-3-6)10(16)7-4-8(11)13-14-9(7)12/h4,6H,2-3,5H2,1H3. The van der Waals surface area contributed by atoms with Crippen LogP contribution in [0.4, 0.5) is 0 Å². The van der Waals surface area contributed by atoms with Gasteiger partial charge in [0, 0.05) is 13.6 Å². The van der Waals surface area contributed by atoms with Gasteiger partial charge >= 0.3 is 0 Å². The number of rotatable bonds is 3. The van der Waals surface area contributed by atoms with Crippen molar-refractivity contribution >= 4 is 29.1 Å². The van der Waals surface area contributed by atoms with Crippen LogP contribution >= 0.6 is 23.2 Å². The van der Waals surface area contributed by atoms with E-state index in [-0.39, 0.29) is 16.2 Å². The quantitative estimate of drug-likeness (QED) is 0.837. The van der Waals surface area contributed by atoms with Crippen LogP contribution in [-0.2, 0) is 0 Å². The highest BCUT2D eigenvalue weighted by Crippen LogP contribution is 2.30. The van der Waals surface area contributed by atoms with Gasteiger partial charge in [0.15, 0.2) is 10.3 Å². The minimum absolute atomic E-state index is 0.0945. The van der Waals surface area contributed by atoms with Crippen LogP contribution in [0, 0.1) is 5.92 Å². The van der Waals surface area contributed by atoms with E-state index in [1.54, 1.807) is 11.9 Å². The summed E-state index contributed by atoms with van der Waals surface area (Å²) < 4.78 is 0. The molecule has 4 nitrogen and oxygen atoms in total. The van der Waals surface area contributed by atoms with Gasteiger partial charge in [-0.25, -0.2) is 0 Å². The number of amides is 1. The van der Waals surface area contributed by atoms with Gasteiger partial charge in [-0.3, -0.25) is 4.79 Å². The molecule has 16 heavy (non-hydrogen) atoms. The minimum Gasteiger partial charge on any atom is -0.341 e. The molecule has 0 aromatic carbocycles. The van der Waals surface area contributed by atoms with E-state index in [2.05, 4.69) is 10.2 Å². The average molecular weight is 260 g/mol. The highest BCUT2D eigenvalue weighted by Gasteiger charge is 2.26. The van der Waals surface area contributed by atoms with E-state index in [0.29, 0.717) is 11.5 Å². The largest absolute Gasteiger partial charge is 0.341 e. The fourth-order valence-electron chi connectivity index (χ4n) is 1.48. The molecule has 1 aromatic rings. The summed E-state index contributed by atoms with van der Waals surface area (Å²) in [5, 5.41) is 7.45. The number of carbonyl (C=O) groups is 1. The predicted octanol–water partition coefficient (Wildman–Crippen LogP) is 2.27. The number of hydrogen-bond acceptors (Lipinski definition) is 3. The van der Waals surface area contributed by atoms with E-state index < -0.39 is 0 Å². The number of aromatic nitrogens is 2. The first-order valence-corrected chi connectivity index (χ1v) is 5.77. The van der Waals surface area contributed by atoms with E-state index in [1.807, 2.05) is 0 Å². The van der Waals surface area contributed by atoms with Gasteiger partial charge in [-0.1, -0.05) is 23.2 Å². The monoisotopic (exact) mass is 259 g/mol. The lowest BCUT2D eigenvalue weighted by atomic mass is 10.2. The van der Waals surface area contributed by atoms with Crippen LogP contribution in [0.15, 0.2) is 6.07 Å². The topological polar surface area (TPSA) is 46.1 Å². The molecule has 86 valence electrons. The summed E-state index contributed by atoms with van der Waals surface area (Å²) in [4.78, 5) is 13.6. The molecule has 0 spiro atoms. The van der Waals surface area contributed by atoms with Crippen molar-refractivity contribution in [1.29, 1.82) is 0 Å². The Hall–Kier alpha value is -0.870. The van der Waals surface area contributed by atoms with E-state index in [1.165, 1.54) is 18.9 Å². The Morgan fingerprint density at radius 1 is 1.50 bits per heavy atom. The second-order valence-electron chi connectivity index (χ2n) is 4.00. The lowest BCUT2D eigenvalue weighted by molar-refractivity contribution is 0.0788. The summed E-state index contributed by atoms with van der Waals surface area (Å²) in [6.45, 7) is 0.759. The molecule has 1 aliphatic rings. The summed E-state index contributed by atoms with van der Waals surface area (Å²) in [5.41, 5.74) is 0.310. The van der Waals surface area contributed by atoms with Gasteiger partial charge in [0.05, 0.1) is 5.56 Å². The lowest BCUT2D eigenvalue weighted by Gasteiger charge is -2.16. The van der Waals surface area contributed by atoms with Crippen molar-refractivity contribution in [2.45, 2.75) is 12.8 Å². The zero-order valence-corrected chi connectivity index (χ0v) is 10.3. The maximum absolute atomic E-state index is 12.0. The summed E-state index contributed by atoms with van der Waals surface area (Å²) >= 11 is 11.5. The molecule has 0 aliphatic heterocycles. The van der Waals surface area contributed by atoms with Crippen LogP contribution in [0.5, 0.6) is 0 Å². The van der Waals surface area contributed by atoms with Crippen LogP contribution in [0.25, 0.3) is 0 Å². The third kappa shape index (κ3) is 2.62. The molecule has 1 heterocycles. The van der Waals surface area contributed by atoms with Crippen molar-refractivity contribution in [3.05, 3.63) is 21.9 Å². The Kier molecular flexibility index (Phi) is 3.30. The summed E-state index contributed by atoms with van der Waals surface area (Å²) in [5.74, 6) is 0.478. The molecule has 0 radical (unpaired) electrons. The van der Waals surface area contributed by atoms with Gasteiger partial charge in [-0.05, 0) is 24.8 Å². The number of carbonyl (C=O) groups excluding carboxylic acids is 1. The molecular formula is C10H11Cl2N3O. The first kappa shape index (κ1) is 11.6. The summed E-state index contributed by atoms with van der Waals surface area (Å²) in [6.07, 6.45) is 2.39. The van der Waals surface area contributed by atoms with Crippen LogP contribution in [0.3, 0.4) is 0 Å². The Balaban J connectivity index is 2.14. The van der Waals surface area contributed by atoms with Crippen molar-refractivity contribution in [3.8, 4) is 0 Å². The van der Waals surface area contributed by atoms with Gasteiger partial charge in [0.2, 0.25) is 0 Å². The molecule has 1 aromatic heterocycles. The maximum atomic E-state index is 12.0. The molecule has 0 N–H and O–H groups in total. The Labute approximate surface area is 104 Å². The minimum atomic E-state index is -0.159. The molecule has 6 heteroatoms. The first-order valence-electron chi connectivity index (χ1n) is 5.02. The van der Waals surface area contributed by atoms with E-state index in [9.17, 15) is 4.79 Å². The maximum Gasteiger partial charge on any atom is 0.256 e. The molecule has 1 amide bonds. The van der Waals surface area contributed by atoms with Gasteiger partial charge in [-0.2, -0.15) is 0 Å².